The van der Waals surface area contributed by atoms with E-state index in [1.807, 2.05) is 27.7 Å². The van der Waals surface area contributed by atoms with Gasteiger partial charge in [0.15, 0.2) is 5.78 Å². The van der Waals surface area contributed by atoms with Crippen molar-refractivity contribution in [3.05, 3.63) is 11.5 Å². The number of carbonyl (C=O) groups is 1. The number of allylic oxidation sites excluding steroid dienone is 2. The van der Waals surface area contributed by atoms with Crippen molar-refractivity contribution in [2.75, 3.05) is 0 Å². The number of hydrogen-bond donors (Lipinski definition) is 2. The van der Waals surface area contributed by atoms with E-state index in [0.29, 0.717) is 6.42 Å². The second-order valence-corrected chi connectivity index (χ2v) is 5.04. The number of carbonyl (C=O) groups excluding carboxylic acids is 1. The van der Waals surface area contributed by atoms with Crippen LogP contribution < -0.4 is 5.73 Å². The molecular weight excluding hydrogens is 166 g/mol. The average Bonchev–Trinajstić information content (AvgIpc) is 1.96. The van der Waals surface area contributed by atoms with E-state index < -0.39 is 5.41 Å². The van der Waals surface area contributed by atoms with Crippen LogP contribution in [0, 0.1) is 10.8 Å². The third-order valence-electron chi connectivity index (χ3n) is 2.64. The first-order valence-electron chi connectivity index (χ1n) is 4.42. The third-order valence-corrected chi connectivity index (χ3v) is 2.64. The molecule has 0 aromatic carbocycles. The van der Waals surface area contributed by atoms with Gasteiger partial charge in [-0.05, 0) is 6.42 Å². The molecule has 0 radical (unpaired) electrons. The Hall–Kier alpha value is -0.990. The number of aliphatic hydroxyl groups excluding tert-OH is 1. The lowest BCUT2D eigenvalue weighted by Gasteiger charge is -2.38. The maximum absolute atomic E-state index is 11.6. The van der Waals surface area contributed by atoms with Crippen LogP contribution in [0.5, 0.6) is 0 Å². The standard InChI is InChI=1S/C10H17NO2/c1-9(2)5-10(3,4)8(13)6(11)7(9)12/h12H,5,11H2,1-4H3. The zero-order valence-corrected chi connectivity index (χ0v) is 8.64. The van der Waals surface area contributed by atoms with Crippen LogP contribution in [-0.2, 0) is 4.79 Å². The molecule has 1 aliphatic carbocycles. The fraction of sp³-hybridized carbons (Fsp3) is 0.700. The zero-order valence-electron chi connectivity index (χ0n) is 8.64. The first-order chi connectivity index (χ1) is 5.68. The predicted molar refractivity (Wildman–Crippen MR) is 51.0 cm³/mol. The van der Waals surface area contributed by atoms with Crippen LogP contribution in [0.2, 0.25) is 0 Å². The Morgan fingerprint density at radius 1 is 1.23 bits per heavy atom. The van der Waals surface area contributed by atoms with Crippen LogP contribution in [0.4, 0.5) is 0 Å². The van der Waals surface area contributed by atoms with Crippen LogP contribution in [0.15, 0.2) is 11.5 Å². The highest BCUT2D eigenvalue weighted by molar-refractivity contribution is 6.00. The summed E-state index contributed by atoms with van der Waals surface area (Å²) in [7, 11) is 0. The van der Waals surface area contributed by atoms with Crippen LogP contribution in [0.3, 0.4) is 0 Å². The van der Waals surface area contributed by atoms with Crippen molar-refractivity contribution in [1.82, 2.24) is 0 Å². The molecule has 3 heteroatoms. The summed E-state index contributed by atoms with van der Waals surface area (Å²) in [6, 6.07) is 0. The van der Waals surface area contributed by atoms with Gasteiger partial charge in [-0.1, -0.05) is 27.7 Å². The highest BCUT2D eigenvalue weighted by atomic mass is 16.3. The van der Waals surface area contributed by atoms with Gasteiger partial charge < -0.3 is 10.8 Å². The molecule has 0 amide bonds. The van der Waals surface area contributed by atoms with Crippen LogP contribution in [0.25, 0.3) is 0 Å². The number of nitrogens with two attached hydrogens (primary N) is 1. The van der Waals surface area contributed by atoms with E-state index >= 15 is 0 Å². The van der Waals surface area contributed by atoms with E-state index in [4.69, 9.17) is 5.73 Å². The molecule has 0 heterocycles. The number of rotatable bonds is 0. The predicted octanol–water partition coefficient (Wildman–Crippen LogP) is 1.74. The largest absolute Gasteiger partial charge is 0.509 e. The quantitative estimate of drug-likeness (QED) is 0.601. The monoisotopic (exact) mass is 183 g/mol. The molecule has 0 aromatic rings. The summed E-state index contributed by atoms with van der Waals surface area (Å²) in [5.41, 5.74) is 4.74. The minimum atomic E-state index is -0.459. The molecule has 74 valence electrons. The van der Waals surface area contributed by atoms with Gasteiger partial charge in [-0.15, -0.1) is 0 Å². The molecule has 3 nitrogen and oxygen atoms in total. The van der Waals surface area contributed by atoms with Crippen LogP contribution in [-0.4, -0.2) is 10.9 Å². The van der Waals surface area contributed by atoms with Gasteiger partial charge in [-0.2, -0.15) is 0 Å². The summed E-state index contributed by atoms with van der Waals surface area (Å²) in [4.78, 5) is 11.6. The number of aliphatic hydroxyl groups is 1. The van der Waals surface area contributed by atoms with Gasteiger partial charge in [0.05, 0.1) is 0 Å². The van der Waals surface area contributed by atoms with Crippen molar-refractivity contribution in [2.45, 2.75) is 34.1 Å². The van der Waals surface area contributed by atoms with Gasteiger partial charge >= 0.3 is 0 Å². The molecule has 0 unspecified atom stereocenters. The minimum Gasteiger partial charge on any atom is -0.509 e. The molecule has 1 aliphatic rings. The van der Waals surface area contributed by atoms with Gasteiger partial charge in [0.25, 0.3) is 0 Å². The Morgan fingerprint density at radius 3 is 2.15 bits per heavy atom. The van der Waals surface area contributed by atoms with Crippen molar-refractivity contribution in [2.24, 2.45) is 16.6 Å². The number of ketones is 1. The molecular formula is C10H17NO2. The smallest absolute Gasteiger partial charge is 0.187 e. The molecule has 0 saturated carbocycles. The van der Waals surface area contributed by atoms with Crippen molar-refractivity contribution < 1.29 is 9.90 Å². The summed E-state index contributed by atoms with van der Waals surface area (Å²) < 4.78 is 0. The van der Waals surface area contributed by atoms with E-state index in [1.54, 1.807) is 0 Å². The van der Waals surface area contributed by atoms with E-state index in [1.165, 1.54) is 0 Å². The Kier molecular flexibility index (Phi) is 1.94. The molecule has 3 N–H and O–H groups in total. The maximum atomic E-state index is 11.6. The second-order valence-electron chi connectivity index (χ2n) is 5.04. The van der Waals surface area contributed by atoms with Crippen LogP contribution in [0.1, 0.15) is 34.1 Å². The lowest BCUT2D eigenvalue weighted by molar-refractivity contribution is -0.126. The molecule has 13 heavy (non-hydrogen) atoms. The molecule has 0 spiro atoms. The maximum Gasteiger partial charge on any atom is 0.187 e. The van der Waals surface area contributed by atoms with Crippen molar-refractivity contribution in [3.8, 4) is 0 Å². The molecule has 0 fully saturated rings. The van der Waals surface area contributed by atoms with E-state index in [2.05, 4.69) is 0 Å². The van der Waals surface area contributed by atoms with Crippen LogP contribution >= 0.6 is 0 Å². The first kappa shape index (κ1) is 10.1. The fourth-order valence-electron chi connectivity index (χ4n) is 2.11. The van der Waals surface area contributed by atoms with Gasteiger partial charge in [-0.3, -0.25) is 4.79 Å². The van der Waals surface area contributed by atoms with Crippen molar-refractivity contribution >= 4 is 5.78 Å². The Morgan fingerprint density at radius 2 is 1.69 bits per heavy atom. The third kappa shape index (κ3) is 1.43. The zero-order chi connectivity index (χ0) is 10.4. The summed E-state index contributed by atoms with van der Waals surface area (Å²) in [5.74, 6) is -0.110. The lowest BCUT2D eigenvalue weighted by atomic mass is 9.66. The highest BCUT2D eigenvalue weighted by Crippen LogP contribution is 2.44. The molecule has 0 atom stereocenters. The summed E-state index contributed by atoms with van der Waals surface area (Å²) >= 11 is 0. The SMILES string of the molecule is CC1(C)CC(C)(C)C(O)=C(N)C1=O. The second kappa shape index (κ2) is 2.50. The van der Waals surface area contributed by atoms with E-state index in [9.17, 15) is 9.90 Å². The molecule has 0 aromatic heterocycles. The Labute approximate surface area is 78.6 Å². The molecule has 0 saturated heterocycles. The minimum absolute atomic E-state index is 0.0289. The summed E-state index contributed by atoms with van der Waals surface area (Å²) in [6.45, 7) is 7.50. The Balaban J connectivity index is 3.25. The van der Waals surface area contributed by atoms with Gasteiger partial charge in [0, 0.05) is 10.8 Å². The average molecular weight is 183 g/mol. The van der Waals surface area contributed by atoms with Gasteiger partial charge in [0.1, 0.15) is 11.5 Å². The first-order valence-corrected chi connectivity index (χ1v) is 4.42. The Bertz CT molecular complexity index is 287. The molecule has 0 aliphatic heterocycles. The number of Topliss-reactive ketones (excluding diaryl/α,β-unsaturated/α-hetero) is 1. The highest BCUT2D eigenvalue weighted by Gasteiger charge is 2.44. The fourth-order valence-corrected chi connectivity index (χ4v) is 2.11. The van der Waals surface area contributed by atoms with E-state index in [0.717, 1.165) is 0 Å². The molecule has 0 bridgehead atoms. The number of hydrogen-bond acceptors (Lipinski definition) is 3. The van der Waals surface area contributed by atoms with E-state index in [-0.39, 0.29) is 22.7 Å². The molecule has 1 rings (SSSR count). The van der Waals surface area contributed by atoms with Crippen molar-refractivity contribution in [1.29, 1.82) is 0 Å². The van der Waals surface area contributed by atoms with Crippen molar-refractivity contribution in [3.63, 3.8) is 0 Å². The lowest BCUT2D eigenvalue weighted by Crippen LogP contribution is -2.41. The topological polar surface area (TPSA) is 63.3 Å². The summed E-state index contributed by atoms with van der Waals surface area (Å²) in [6.07, 6.45) is 0.630. The van der Waals surface area contributed by atoms with Gasteiger partial charge in [0.2, 0.25) is 0 Å². The summed E-state index contributed by atoms with van der Waals surface area (Å²) in [5, 5.41) is 9.64. The van der Waals surface area contributed by atoms with Gasteiger partial charge in [-0.25, -0.2) is 0 Å². The normalized spacial score (nSPS) is 26.3.